The van der Waals surface area contributed by atoms with Crippen LogP contribution in [-0.4, -0.2) is 42.9 Å². The number of rotatable bonds is 8. The van der Waals surface area contributed by atoms with Crippen molar-refractivity contribution in [1.29, 1.82) is 0 Å². The molecule has 2 bridgehead atoms. The van der Waals surface area contributed by atoms with E-state index >= 15 is 0 Å². The molecule has 0 aliphatic carbocycles. The largest absolute Gasteiger partial charge is 0.496 e. The van der Waals surface area contributed by atoms with E-state index in [1.54, 1.807) is 20.3 Å². The minimum Gasteiger partial charge on any atom is -0.496 e. The zero-order chi connectivity index (χ0) is 21.1. The van der Waals surface area contributed by atoms with Crippen molar-refractivity contribution in [2.45, 2.75) is 49.9 Å². The number of para-hydroxylation sites is 2. The van der Waals surface area contributed by atoms with Crippen LogP contribution in [0.4, 0.5) is 0 Å². The third kappa shape index (κ3) is 3.80. The van der Waals surface area contributed by atoms with Crippen LogP contribution >= 0.6 is 0 Å². The van der Waals surface area contributed by atoms with E-state index in [2.05, 4.69) is 17.5 Å². The first-order valence-corrected chi connectivity index (χ1v) is 10.6. The van der Waals surface area contributed by atoms with E-state index < -0.39 is 5.60 Å². The molecular formula is C25H31NO4. The number of fused-ring (bicyclic) bond motifs is 2. The molecule has 2 aromatic carbocycles. The minimum absolute atomic E-state index is 0.317. The molecule has 0 aromatic heterocycles. The Labute approximate surface area is 178 Å². The molecule has 3 atom stereocenters. The van der Waals surface area contributed by atoms with Gasteiger partial charge in [0.05, 0.1) is 19.8 Å². The van der Waals surface area contributed by atoms with E-state index in [9.17, 15) is 5.11 Å². The molecule has 160 valence electrons. The second-order valence-corrected chi connectivity index (χ2v) is 8.25. The number of hydrogen-bond donors (Lipinski definition) is 1. The molecule has 30 heavy (non-hydrogen) atoms. The molecule has 0 radical (unpaired) electrons. The predicted octanol–water partition coefficient (Wildman–Crippen LogP) is 4.28. The van der Waals surface area contributed by atoms with Crippen molar-refractivity contribution in [2.24, 2.45) is 0 Å². The lowest BCUT2D eigenvalue weighted by Crippen LogP contribution is -2.49. The van der Waals surface area contributed by atoms with Crippen LogP contribution in [0, 0.1) is 0 Å². The van der Waals surface area contributed by atoms with Gasteiger partial charge in [-0.3, -0.25) is 4.90 Å². The Hall–Kier alpha value is -2.50. The van der Waals surface area contributed by atoms with Gasteiger partial charge >= 0.3 is 0 Å². The molecule has 1 N–H and O–H groups in total. The van der Waals surface area contributed by atoms with Crippen LogP contribution in [-0.2, 0) is 12.1 Å². The number of ether oxygens (including phenoxy) is 3. The Kier molecular flexibility index (Phi) is 6.02. The highest BCUT2D eigenvalue weighted by Crippen LogP contribution is 2.48. The Morgan fingerprint density at radius 1 is 1.03 bits per heavy atom. The maximum Gasteiger partial charge on any atom is 0.166 e. The van der Waals surface area contributed by atoms with E-state index in [1.165, 1.54) is 0 Å². The second-order valence-electron chi connectivity index (χ2n) is 8.25. The van der Waals surface area contributed by atoms with Gasteiger partial charge in [-0.25, -0.2) is 0 Å². The molecule has 5 heteroatoms. The van der Waals surface area contributed by atoms with Gasteiger partial charge < -0.3 is 19.3 Å². The van der Waals surface area contributed by atoms with Gasteiger partial charge in [-0.1, -0.05) is 43.0 Å². The average Bonchev–Trinajstić information content (AvgIpc) is 3.01. The fraction of sp³-hybridized carbons (Fsp3) is 0.440. The van der Waals surface area contributed by atoms with Crippen LogP contribution < -0.4 is 14.2 Å². The maximum absolute atomic E-state index is 11.6. The van der Waals surface area contributed by atoms with Crippen molar-refractivity contribution in [3.63, 3.8) is 0 Å². The third-order valence-electron chi connectivity index (χ3n) is 6.50. The number of aliphatic hydroxyl groups is 1. The van der Waals surface area contributed by atoms with Gasteiger partial charge in [0.1, 0.15) is 12.4 Å². The first-order valence-electron chi connectivity index (χ1n) is 10.6. The summed E-state index contributed by atoms with van der Waals surface area (Å²) in [7, 11) is 3.33. The normalized spacial score (nSPS) is 25.7. The number of benzene rings is 2. The molecule has 0 amide bonds. The molecule has 2 aliphatic heterocycles. The van der Waals surface area contributed by atoms with Gasteiger partial charge in [0, 0.05) is 29.8 Å². The fourth-order valence-corrected chi connectivity index (χ4v) is 5.17. The molecule has 1 unspecified atom stereocenters. The zero-order valence-electron chi connectivity index (χ0n) is 17.8. The lowest BCUT2D eigenvalue weighted by molar-refractivity contribution is -0.0608. The number of piperidine rings is 1. The highest BCUT2D eigenvalue weighted by Gasteiger charge is 2.49. The molecule has 2 aliphatic rings. The van der Waals surface area contributed by atoms with Crippen molar-refractivity contribution < 1.29 is 19.3 Å². The molecule has 2 heterocycles. The first kappa shape index (κ1) is 20.8. The minimum atomic E-state index is -0.856. The van der Waals surface area contributed by atoms with E-state index in [4.69, 9.17) is 14.2 Å². The number of hydrogen-bond acceptors (Lipinski definition) is 5. The van der Waals surface area contributed by atoms with E-state index in [1.807, 2.05) is 36.4 Å². The lowest BCUT2D eigenvalue weighted by atomic mass is 9.80. The molecule has 2 aromatic rings. The SMILES string of the molecule is C=CCOc1c(CN2[C@@H]3CC[C@H]2CC(O)(c2ccccc2OC)C3)cccc1OC. The van der Waals surface area contributed by atoms with E-state index in [0.29, 0.717) is 31.5 Å². The van der Waals surface area contributed by atoms with Gasteiger partial charge in [0.2, 0.25) is 0 Å². The monoisotopic (exact) mass is 409 g/mol. The van der Waals surface area contributed by atoms with Crippen LogP contribution in [0.2, 0.25) is 0 Å². The molecule has 2 saturated heterocycles. The molecule has 5 nitrogen and oxygen atoms in total. The average molecular weight is 410 g/mol. The molecule has 4 rings (SSSR count). The van der Waals surface area contributed by atoms with Crippen molar-refractivity contribution in [2.75, 3.05) is 20.8 Å². The topological polar surface area (TPSA) is 51.2 Å². The summed E-state index contributed by atoms with van der Waals surface area (Å²) >= 11 is 0. The zero-order valence-corrected chi connectivity index (χ0v) is 17.8. The summed E-state index contributed by atoms with van der Waals surface area (Å²) in [6.07, 6.45) is 5.34. The smallest absolute Gasteiger partial charge is 0.166 e. The first-order chi connectivity index (χ1) is 14.6. The van der Waals surface area contributed by atoms with Gasteiger partial charge in [0.25, 0.3) is 0 Å². The van der Waals surface area contributed by atoms with E-state index in [-0.39, 0.29) is 0 Å². The molecule has 0 spiro atoms. The van der Waals surface area contributed by atoms with Crippen LogP contribution in [0.15, 0.2) is 55.1 Å². The standard InChI is InChI=1S/C25H31NO4/c1-4-14-30-24-18(8-7-11-23(24)29-3)17-26-19-12-13-20(26)16-25(27,15-19)21-9-5-6-10-22(21)28-2/h4-11,19-20,27H,1,12-17H2,2-3H3/t19-,20+,25?. The van der Waals surface area contributed by atoms with Crippen LogP contribution in [0.1, 0.15) is 36.8 Å². The summed E-state index contributed by atoms with van der Waals surface area (Å²) in [5.41, 5.74) is 1.15. The van der Waals surface area contributed by atoms with Crippen LogP contribution in [0.25, 0.3) is 0 Å². The summed E-state index contributed by atoms with van der Waals surface area (Å²) in [6, 6.07) is 14.5. The van der Waals surface area contributed by atoms with Gasteiger partial charge in [-0.2, -0.15) is 0 Å². The predicted molar refractivity (Wildman–Crippen MR) is 117 cm³/mol. The highest BCUT2D eigenvalue weighted by atomic mass is 16.5. The summed E-state index contributed by atoms with van der Waals surface area (Å²) in [4.78, 5) is 2.53. The molecule has 0 saturated carbocycles. The van der Waals surface area contributed by atoms with Crippen molar-refractivity contribution in [1.82, 2.24) is 4.90 Å². The fourth-order valence-electron chi connectivity index (χ4n) is 5.17. The summed E-state index contributed by atoms with van der Waals surface area (Å²) in [6.45, 7) is 4.97. The van der Waals surface area contributed by atoms with Crippen molar-refractivity contribution >= 4 is 0 Å². The van der Waals surface area contributed by atoms with Gasteiger partial charge in [-0.05, 0) is 37.8 Å². The summed E-state index contributed by atoms with van der Waals surface area (Å²) in [5.74, 6) is 2.29. The Morgan fingerprint density at radius 3 is 2.37 bits per heavy atom. The Bertz CT molecular complexity index is 882. The van der Waals surface area contributed by atoms with Crippen LogP contribution in [0.5, 0.6) is 17.2 Å². The quantitative estimate of drug-likeness (QED) is 0.660. The van der Waals surface area contributed by atoms with Gasteiger partial charge in [0.15, 0.2) is 11.5 Å². The van der Waals surface area contributed by atoms with Gasteiger partial charge in [-0.15, -0.1) is 0 Å². The number of nitrogens with zero attached hydrogens (tertiary/aromatic N) is 1. The summed E-state index contributed by atoms with van der Waals surface area (Å²) < 4.78 is 17.0. The Morgan fingerprint density at radius 2 is 1.70 bits per heavy atom. The number of methoxy groups -OCH3 is 2. The highest BCUT2D eigenvalue weighted by molar-refractivity contribution is 5.47. The van der Waals surface area contributed by atoms with Crippen molar-refractivity contribution in [3.05, 3.63) is 66.2 Å². The van der Waals surface area contributed by atoms with Crippen LogP contribution in [0.3, 0.4) is 0 Å². The molecule has 2 fully saturated rings. The third-order valence-corrected chi connectivity index (χ3v) is 6.50. The second kappa shape index (κ2) is 8.70. The Balaban J connectivity index is 1.58. The van der Waals surface area contributed by atoms with Crippen molar-refractivity contribution in [3.8, 4) is 17.2 Å². The lowest BCUT2D eigenvalue weighted by Gasteiger charge is -2.44. The summed E-state index contributed by atoms with van der Waals surface area (Å²) in [5, 5.41) is 11.6. The maximum atomic E-state index is 11.6. The molecular weight excluding hydrogens is 378 g/mol. The van der Waals surface area contributed by atoms with E-state index in [0.717, 1.165) is 47.8 Å².